The second kappa shape index (κ2) is 6.22. The third kappa shape index (κ3) is 3.98. The third-order valence-corrected chi connectivity index (χ3v) is 3.27. The number of amides is 3. The molecular formula is C14H21N3O2. The predicted molar refractivity (Wildman–Crippen MR) is 74.4 cm³/mol. The largest absolute Gasteiger partial charge is 0.352 e. The fraction of sp³-hybridized carbons (Fsp3) is 0.429. The first-order chi connectivity index (χ1) is 8.89. The fourth-order valence-corrected chi connectivity index (χ4v) is 1.83. The number of rotatable bonds is 5. The highest BCUT2D eigenvalue weighted by atomic mass is 16.2. The summed E-state index contributed by atoms with van der Waals surface area (Å²) < 4.78 is 0. The van der Waals surface area contributed by atoms with Crippen molar-refractivity contribution in [2.75, 3.05) is 0 Å². The number of primary amides is 1. The quantitative estimate of drug-likeness (QED) is 0.752. The highest BCUT2D eigenvalue weighted by Gasteiger charge is 2.28. The van der Waals surface area contributed by atoms with Gasteiger partial charge in [0.05, 0.1) is 5.54 Å². The number of benzene rings is 1. The van der Waals surface area contributed by atoms with Gasteiger partial charge in [-0.25, -0.2) is 4.79 Å². The molecule has 0 aliphatic rings. The minimum atomic E-state index is -0.708. The summed E-state index contributed by atoms with van der Waals surface area (Å²) in [4.78, 5) is 22.8. The number of carbonyl (C=O) groups excluding carboxylic acids is 2. The van der Waals surface area contributed by atoms with E-state index < -0.39 is 17.6 Å². The average molecular weight is 263 g/mol. The van der Waals surface area contributed by atoms with Crippen molar-refractivity contribution in [3.05, 3.63) is 35.9 Å². The number of carbonyl (C=O) groups is 2. The molecule has 0 heterocycles. The summed E-state index contributed by atoms with van der Waals surface area (Å²) in [6.07, 6.45) is 0.742. The average Bonchev–Trinajstić information content (AvgIpc) is 2.38. The van der Waals surface area contributed by atoms with Crippen molar-refractivity contribution >= 4 is 11.9 Å². The van der Waals surface area contributed by atoms with Crippen molar-refractivity contribution in [2.45, 2.75) is 38.8 Å². The molecule has 4 N–H and O–H groups in total. The van der Waals surface area contributed by atoms with E-state index in [0.717, 1.165) is 12.0 Å². The van der Waals surface area contributed by atoms with Gasteiger partial charge in [-0.2, -0.15) is 0 Å². The van der Waals surface area contributed by atoms with Crippen LogP contribution in [0.3, 0.4) is 0 Å². The molecule has 0 radical (unpaired) electrons. The summed E-state index contributed by atoms with van der Waals surface area (Å²) >= 11 is 0. The second-order valence-electron chi connectivity index (χ2n) is 4.77. The molecule has 19 heavy (non-hydrogen) atoms. The Bertz CT molecular complexity index is 447. The van der Waals surface area contributed by atoms with Crippen LogP contribution in [-0.4, -0.2) is 18.0 Å². The zero-order chi connectivity index (χ0) is 14.5. The maximum absolute atomic E-state index is 12.0. The van der Waals surface area contributed by atoms with Gasteiger partial charge in [0.2, 0.25) is 5.91 Å². The third-order valence-electron chi connectivity index (χ3n) is 3.27. The van der Waals surface area contributed by atoms with E-state index >= 15 is 0 Å². The minimum Gasteiger partial charge on any atom is -0.352 e. The Kier molecular flexibility index (Phi) is 4.92. The van der Waals surface area contributed by atoms with Crippen LogP contribution in [0.15, 0.2) is 30.3 Å². The maximum Gasteiger partial charge on any atom is 0.312 e. The lowest BCUT2D eigenvalue weighted by Crippen LogP contribution is -2.52. The van der Waals surface area contributed by atoms with Gasteiger partial charge >= 0.3 is 6.03 Å². The second-order valence-corrected chi connectivity index (χ2v) is 4.77. The Labute approximate surface area is 113 Å². The summed E-state index contributed by atoms with van der Waals surface area (Å²) in [6, 6.07) is 8.36. The van der Waals surface area contributed by atoms with Crippen molar-refractivity contribution in [1.29, 1.82) is 0 Å². The fourth-order valence-electron chi connectivity index (χ4n) is 1.83. The molecule has 5 heteroatoms. The standard InChI is InChI=1S/C14H21N3O2/c1-4-14(3,11-8-6-5-7-9-11)17-12(18)10(2)16-13(15)19/h5-10H,4H2,1-3H3,(H,17,18)(H3,15,16,19)/t10-,14-/m0/s1. The maximum atomic E-state index is 12.0. The number of urea groups is 1. The summed E-state index contributed by atoms with van der Waals surface area (Å²) in [5.74, 6) is -0.257. The van der Waals surface area contributed by atoms with Gasteiger partial charge < -0.3 is 16.4 Å². The number of hydrogen-bond donors (Lipinski definition) is 3. The van der Waals surface area contributed by atoms with E-state index in [4.69, 9.17) is 5.73 Å². The predicted octanol–water partition coefficient (Wildman–Crippen LogP) is 1.48. The van der Waals surface area contributed by atoms with Crippen LogP contribution in [-0.2, 0) is 10.3 Å². The molecule has 0 unspecified atom stereocenters. The zero-order valence-corrected chi connectivity index (χ0v) is 11.6. The molecule has 2 atom stereocenters. The lowest BCUT2D eigenvalue weighted by atomic mass is 9.89. The molecule has 0 saturated carbocycles. The topological polar surface area (TPSA) is 84.2 Å². The number of nitrogens with one attached hydrogen (secondary N) is 2. The molecule has 1 aromatic rings. The monoisotopic (exact) mass is 263 g/mol. The van der Waals surface area contributed by atoms with Crippen LogP contribution in [0.5, 0.6) is 0 Å². The number of hydrogen-bond acceptors (Lipinski definition) is 2. The van der Waals surface area contributed by atoms with Gasteiger partial charge in [-0.15, -0.1) is 0 Å². The molecule has 0 aromatic heterocycles. The Morgan fingerprint density at radius 1 is 1.32 bits per heavy atom. The van der Waals surface area contributed by atoms with Crippen LogP contribution in [0, 0.1) is 0 Å². The van der Waals surface area contributed by atoms with E-state index in [9.17, 15) is 9.59 Å². The lowest BCUT2D eigenvalue weighted by Gasteiger charge is -2.31. The Balaban J connectivity index is 2.82. The molecule has 104 valence electrons. The normalized spacial score (nSPS) is 15.1. The van der Waals surface area contributed by atoms with Gasteiger partial charge in [-0.05, 0) is 25.8 Å². The van der Waals surface area contributed by atoms with Crippen molar-refractivity contribution in [3.8, 4) is 0 Å². The van der Waals surface area contributed by atoms with Gasteiger partial charge in [0.15, 0.2) is 0 Å². The molecule has 0 saturated heterocycles. The summed E-state index contributed by atoms with van der Waals surface area (Å²) in [5.41, 5.74) is 5.57. The molecule has 0 aliphatic carbocycles. The van der Waals surface area contributed by atoms with Crippen molar-refractivity contribution in [3.63, 3.8) is 0 Å². The van der Waals surface area contributed by atoms with Crippen LogP contribution in [0.25, 0.3) is 0 Å². The van der Waals surface area contributed by atoms with E-state index in [1.165, 1.54) is 0 Å². The SMILES string of the molecule is CC[C@](C)(NC(=O)[C@H](C)NC(N)=O)c1ccccc1. The zero-order valence-electron chi connectivity index (χ0n) is 11.6. The molecule has 0 aliphatic heterocycles. The summed E-state index contributed by atoms with van der Waals surface area (Å²) in [5, 5.41) is 5.32. The van der Waals surface area contributed by atoms with Crippen LogP contribution in [0.1, 0.15) is 32.8 Å². The van der Waals surface area contributed by atoms with E-state index in [2.05, 4.69) is 10.6 Å². The van der Waals surface area contributed by atoms with E-state index in [1.807, 2.05) is 44.2 Å². The molecule has 1 rings (SSSR count). The summed E-state index contributed by atoms with van der Waals surface area (Å²) in [6.45, 7) is 5.55. The lowest BCUT2D eigenvalue weighted by molar-refractivity contribution is -0.124. The van der Waals surface area contributed by atoms with Gasteiger partial charge in [0, 0.05) is 0 Å². The number of nitrogens with two attached hydrogens (primary N) is 1. The van der Waals surface area contributed by atoms with Gasteiger partial charge in [0.1, 0.15) is 6.04 Å². The Morgan fingerprint density at radius 2 is 1.89 bits per heavy atom. The van der Waals surface area contributed by atoms with E-state index in [1.54, 1.807) is 6.92 Å². The van der Waals surface area contributed by atoms with Crippen LogP contribution in [0.2, 0.25) is 0 Å². The smallest absolute Gasteiger partial charge is 0.312 e. The molecule has 1 aromatic carbocycles. The first-order valence-electron chi connectivity index (χ1n) is 6.32. The van der Waals surface area contributed by atoms with Gasteiger partial charge in [-0.3, -0.25) is 4.79 Å². The highest BCUT2D eigenvalue weighted by Crippen LogP contribution is 2.24. The van der Waals surface area contributed by atoms with Crippen LogP contribution in [0.4, 0.5) is 4.79 Å². The molecule has 0 fully saturated rings. The molecule has 0 spiro atoms. The first kappa shape index (κ1) is 15.0. The molecule has 0 bridgehead atoms. The van der Waals surface area contributed by atoms with Crippen molar-refractivity contribution in [1.82, 2.24) is 10.6 Å². The van der Waals surface area contributed by atoms with E-state index in [-0.39, 0.29) is 5.91 Å². The molecular weight excluding hydrogens is 242 g/mol. The van der Waals surface area contributed by atoms with Crippen molar-refractivity contribution < 1.29 is 9.59 Å². The molecule has 3 amide bonds. The Hall–Kier alpha value is -2.04. The summed E-state index contributed by atoms with van der Waals surface area (Å²) in [7, 11) is 0. The Morgan fingerprint density at radius 3 is 2.37 bits per heavy atom. The first-order valence-corrected chi connectivity index (χ1v) is 6.32. The van der Waals surface area contributed by atoms with Gasteiger partial charge in [-0.1, -0.05) is 37.3 Å². The minimum absolute atomic E-state index is 0.257. The highest BCUT2D eigenvalue weighted by molar-refractivity contribution is 5.86. The van der Waals surface area contributed by atoms with E-state index in [0.29, 0.717) is 0 Å². The van der Waals surface area contributed by atoms with Crippen LogP contribution < -0.4 is 16.4 Å². The van der Waals surface area contributed by atoms with Crippen LogP contribution >= 0.6 is 0 Å². The molecule has 5 nitrogen and oxygen atoms in total. The van der Waals surface area contributed by atoms with Gasteiger partial charge in [0.25, 0.3) is 0 Å². The van der Waals surface area contributed by atoms with Crippen molar-refractivity contribution in [2.24, 2.45) is 5.73 Å².